The van der Waals surface area contributed by atoms with Crippen LogP contribution in [0.5, 0.6) is 0 Å². The highest BCUT2D eigenvalue weighted by Crippen LogP contribution is 2.18. The van der Waals surface area contributed by atoms with Crippen molar-refractivity contribution in [1.29, 1.82) is 0 Å². The lowest BCUT2D eigenvalue weighted by molar-refractivity contribution is 0.399. The van der Waals surface area contributed by atoms with Crippen LogP contribution in [-0.2, 0) is 0 Å². The van der Waals surface area contributed by atoms with E-state index in [1.54, 1.807) is 0 Å². The van der Waals surface area contributed by atoms with E-state index >= 15 is 0 Å². The highest BCUT2D eigenvalue weighted by atomic mass is 16.2. The zero-order valence-corrected chi connectivity index (χ0v) is 10.6. The fraction of sp³-hybridized carbons (Fsp3) is 0.200. The Bertz CT molecular complexity index is 379. The molecule has 0 aliphatic carbocycles. The van der Waals surface area contributed by atoms with Gasteiger partial charge in [0.25, 0.3) is 0 Å². The Labute approximate surface area is 103 Å². The average Bonchev–Trinajstić information content (AvgIpc) is 2.45. The van der Waals surface area contributed by atoms with Crippen LogP contribution in [0.2, 0.25) is 0 Å². The zero-order chi connectivity index (χ0) is 13.1. The van der Waals surface area contributed by atoms with Crippen LogP contribution in [-0.4, -0.2) is 24.4 Å². The minimum Gasteiger partial charge on any atom is -0.400 e. The second-order valence-corrected chi connectivity index (χ2v) is 3.23. The smallest absolute Gasteiger partial charge is 0.0319 e. The van der Waals surface area contributed by atoms with E-state index < -0.39 is 0 Å². The third-order valence-electron chi connectivity index (χ3n) is 2.16. The third-order valence-corrected chi connectivity index (χ3v) is 2.16. The first kappa shape index (κ1) is 15.4. The summed E-state index contributed by atoms with van der Waals surface area (Å²) in [6.45, 7) is 2.11. The molecule has 92 valence electrons. The van der Waals surface area contributed by atoms with Gasteiger partial charge in [-0.1, -0.05) is 60.2 Å². The van der Waals surface area contributed by atoms with Crippen molar-refractivity contribution in [3.05, 3.63) is 60.2 Å². The first-order valence-corrected chi connectivity index (χ1v) is 5.38. The largest absolute Gasteiger partial charge is 0.400 e. The van der Waals surface area contributed by atoms with Crippen LogP contribution in [0.25, 0.3) is 11.1 Å². The lowest BCUT2D eigenvalue weighted by Crippen LogP contribution is -1.76. The molecule has 0 unspecified atom stereocenters. The predicted molar refractivity (Wildman–Crippen MR) is 72.9 cm³/mol. The average molecular weight is 232 g/mol. The Hall–Kier alpha value is -1.64. The summed E-state index contributed by atoms with van der Waals surface area (Å²) in [5, 5.41) is 14.0. The van der Waals surface area contributed by atoms with E-state index in [2.05, 4.69) is 55.5 Å². The van der Waals surface area contributed by atoms with Crippen LogP contribution < -0.4 is 0 Å². The van der Waals surface area contributed by atoms with E-state index in [1.807, 2.05) is 6.07 Å². The van der Waals surface area contributed by atoms with Crippen molar-refractivity contribution >= 4 is 0 Å². The Morgan fingerprint density at radius 3 is 1.47 bits per heavy atom. The molecule has 0 saturated carbocycles. The summed E-state index contributed by atoms with van der Waals surface area (Å²) in [6.07, 6.45) is 0. The number of aryl methyl sites for hydroxylation is 1. The first-order valence-electron chi connectivity index (χ1n) is 5.38. The summed E-state index contributed by atoms with van der Waals surface area (Å²) in [5.41, 5.74) is 3.87. The van der Waals surface area contributed by atoms with Gasteiger partial charge in [-0.25, -0.2) is 0 Å². The van der Waals surface area contributed by atoms with Crippen molar-refractivity contribution < 1.29 is 10.2 Å². The molecule has 0 radical (unpaired) electrons. The maximum atomic E-state index is 7.00. The zero-order valence-electron chi connectivity index (χ0n) is 10.6. The number of rotatable bonds is 1. The summed E-state index contributed by atoms with van der Waals surface area (Å²) in [6, 6.07) is 19.0. The van der Waals surface area contributed by atoms with E-state index in [-0.39, 0.29) is 0 Å². The molecule has 2 aromatic rings. The molecule has 2 N–H and O–H groups in total. The standard InChI is InChI=1S/C13H12.2CH4O/c1-11-7-9-13(10-8-11)12-5-3-2-4-6-12;2*1-2/h2-10H,1H3;2*2H,1H3. The predicted octanol–water partition coefficient (Wildman–Crippen LogP) is 2.88. The van der Waals surface area contributed by atoms with Crippen LogP contribution in [0, 0.1) is 6.92 Å². The van der Waals surface area contributed by atoms with Gasteiger partial charge in [0.05, 0.1) is 0 Å². The number of hydrogen-bond donors (Lipinski definition) is 2. The van der Waals surface area contributed by atoms with Crippen molar-refractivity contribution in [3.63, 3.8) is 0 Å². The summed E-state index contributed by atoms with van der Waals surface area (Å²) in [5.74, 6) is 0. The molecule has 0 aliphatic rings. The molecule has 2 heteroatoms. The van der Waals surface area contributed by atoms with Crippen molar-refractivity contribution in [2.45, 2.75) is 6.92 Å². The topological polar surface area (TPSA) is 40.5 Å². The number of aliphatic hydroxyl groups excluding tert-OH is 2. The van der Waals surface area contributed by atoms with Crippen LogP contribution in [0.4, 0.5) is 0 Å². The van der Waals surface area contributed by atoms with Gasteiger partial charge in [-0.15, -0.1) is 0 Å². The quantitative estimate of drug-likeness (QED) is 0.793. The molecule has 0 bridgehead atoms. The van der Waals surface area contributed by atoms with Gasteiger partial charge in [-0.05, 0) is 18.1 Å². The molecule has 0 saturated heterocycles. The fourth-order valence-corrected chi connectivity index (χ4v) is 1.38. The minimum atomic E-state index is 1.00. The lowest BCUT2D eigenvalue weighted by atomic mass is 10.0. The monoisotopic (exact) mass is 232 g/mol. The van der Waals surface area contributed by atoms with Crippen LogP contribution >= 0.6 is 0 Å². The van der Waals surface area contributed by atoms with Gasteiger partial charge in [0.15, 0.2) is 0 Å². The molecule has 0 heterocycles. The minimum absolute atomic E-state index is 1.00. The third kappa shape index (κ3) is 5.29. The van der Waals surface area contributed by atoms with Crippen molar-refractivity contribution in [2.24, 2.45) is 0 Å². The Morgan fingerprint density at radius 1 is 0.588 bits per heavy atom. The molecule has 0 atom stereocenters. The second-order valence-electron chi connectivity index (χ2n) is 3.23. The van der Waals surface area contributed by atoms with E-state index in [1.165, 1.54) is 16.7 Å². The van der Waals surface area contributed by atoms with Gasteiger partial charge in [0.1, 0.15) is 0 Å². The molecule has 0 spiro atoms. The molecule has 2 nitrogen and oxygen atoms in total. The Kier molecular flexibility index (Phi) is 8.65. The highest BCUT2D eigenvalue weighted by molar-refractivity contribution is 5.63. The van der Waals surface area contributed by atoms with Crippen molar-refractivity contribution in [2.75, 3.05) is 14.2 Å². The van der Waals surface area contributed by atoms with Gasteiger partial charge in [0, 0.05) is 14.2 Å². The summed E-state index contributed by atoms with van der Waals surface area (Å²) >= 11 is 0. The van der Waals surface area contributed by atoms with Gasteiger partial charge in [0.2, 0.25) is 0 Å². The summed E-state index contributed by atoms with van der Waals surface area (Å²) in [4.78, 5) is 0. The second kappa shape index (κ2) is 9.58. The van der Waals surface area contributed by atoms with E-state index in [9.17, 15) is 0 Å². The molecular weight excluding hydrogens is 212 g/mol. The molecule has 0 aliphatic heterocycles. The highest BCUT2D eigenvalue weighted by Gasteiger charge is 1.93. The fourth-order valence-electron chi connectivity index (χ4n) is 1.38. The SMILES string of the molecule is CO.CO.Cc1ccc(-c2ccccc2)cc1. The van der Waals surface area contributed by atoms with Crippen LogP contribution in [0.3, 0.4) is 0 Å². The van der Waals surface area contributed by atoms with E-state index in [0.717, 1.165) is 14.2 Å². The van der Waals surface area contributed by atoms with Gasteiger partial charge in [-0.3, -0.25) is 0 Å². The van der Waals surface area contributed by atoms with Gasteiger partial charge < -0.3 is 10.2 Å². The van der Waals surface area contributed by atoms with Crippen LogP contribution in [0.1, 0.15) is 5.56 Å². The summed E-state index contributed by atoms with van der Waals surface area (Å²) < 4.78 is 0. The molecule has 0 amide bonds. The van der Waals surface area contributed by atoms with E-state index in [4.69, 9.17) is 10.2 Å². The molecular formula is C15H20O2. The first-order chi connectivity index (χ1) is 8.36. The summed E-state index contributed by atoms with van der Waals surface area (Å²) in [7, 11) is 2.00. The molecule has 2 rings (SSSR count). The van der Waals surface area contributed by atoms with Gasteiger partial charge >= 0.3 is 0 Å². The number of hydrogen-bond acceptors (Lipinski definition) is 2. The number of benzene rings is 2. The van der Waals surface area contributed by atoms with Gasteiger partial charge in [-0.2, -0.15) is 0 Å². The Balaban J connectivity index is 0.000000581. The number of aliphatic hydroxyl groups is 2. The van der Waals surface area contributed by atoms with E-state index in [0.29, 0.717) is 0 Å². The lowest BCUT2D eigenvalue weighted by Gasteiger charge is -2.00. The van der Waals surface area contributed by atoms with Crippen molar-refractivity contribution in [1.82, 2.24) is 0 Å². The molecule has 17 heavy (non-hydrogen) atoms. The van der Waals surface area contributed by atoms with Crippen LogP contribution in [0.15, 0.2) is 54.6 Å². The van der Waals surface area contributed by atoms with Crippen molar-refractivity contribution in [3.8, 4) is 11.1 Å². The molecule has 2 aromatic carbocycles. The molecule has 0 fully saturated rings. The Morgan fingerprint density at radius 2 is 1.00 bits per heavy atom. The molecule has 0 aromatic heterocycles. The normalized spacial score (nSPS) is 8.29. The maximum absolute atomic E-state index is 7.00. The maximum Gasteiger partial charge on any atom is 0.0319 e.